The lowest BCUT2D eigenvalue weighted by Gasteiger charge is -2.27. The van der Waals surface area contributed by atoms with Crippen LogP contribution in [0.25, 0.3) is 10.4 Å². The molecule has 0 radical (unpaired) electrons. The van der Waals surface area contributed by atoms with Crippen LogP contribution in [0.15, 0.2) is 29.0 Å². The Hall–Kier alpha value is -1.82. The molecule has 0 aromatic carbocycles. The summed E-state index contributed by atoms with van der Waals surface area (Å²) in [7, 11) is 1.58. The smallest absolute Gasteiger partial charge is 0.250 e. The number of methoxy groups -OCH3 is 1. The van der Waals surface area contributed by atoms with Gasteiger partial charge >= 0.3 is 0 Å². The van der Waals surface area contributed by atoms with Crippen LogP contribution in [0.2, 0.25) is 0 Å². The molecular formula is C13H18N4O3. The first-order valence-corrected chi connectivity index (χ1v) is 6.44. The predicted molar refractivity (Wildman–Crippen MR) is 72.6 cm³/mol. The second kappa shape index (κ2) is 6.09. The number of hydrogen-bond acceptors (Lipinski definition) is 4. The van der Waals surface area contributed by atoms with E-state index in [1.165, 1.54) is 0 Å². The quantitative estimate of drug-likeness (QED) is 0.481. The van der Waals surface area contributed by atoms with E-state index < -0.39 is 0 Å². The van der Waals surface area contributed by atoms with E-state index in [0.29, 0.717) is 24.3 Å². The Bertz CT molecular complexity index is 496. The topological polar surface area (TPSA) is 96.3 Å². The van der Waals surface area contributed by atoms with Crippen LogP contribution in [0.4, 0.5) is 0 Å². The van der Waals surface area contributed by atoms with Crippen molar-refractivity contribution in [2.24, 2.45) is 11.0 Å². The molecule has 0 spiro atoms. The Morgan fingerprint density at radius 1 is 1.70 bits per heavy atom. The van der Waals surface area contributed by atoms with Gasteiger partial charge in [0, 0.05) is 29.2 Å². The normalized spacial score (nSPS) is 33.4. The molecule has 4 atom stereocenters. The van der Waals surface area contributed by atoms with Crippen LogP contribution in [0.3, 0.4) is 0 Å². The number of carbonyl (C=O) groups is 1. The van der Waals surface area contributed by atoms with E-state index in [1.807, 2.05) is 6.08 Å². The highest BCUT2D eigenvalue weighted by atomic mass is 16.5. The van der Waals surface area contributed by atoms with Crippen LogP contribution in [0.1, 0.15) is 13.3 Å². The number of ether oxygens (including phenoxy) is 2. The molecule has 2 rings (SSSR count). The van der Waals surface area contributed by atoms with E-state index in [-0.39, 0.29) is 30.1 Å². The van der Waals surface area contributed by atoms with Gasteiger partial charge in [-0.3, -0.25) is 4.79 Å². The molecule has 1 saturated heterocycles. The second-order valence-corrected chi connectivity index (χ2v) is 5.03. The van der Waals surface area contributed by atoms with Crippen molar-refractivity contribution in [3.63, 3.8) is 0 Å². The monoisotopic (exact) mass is 278 g/mol. The van der Waals surface area contributed by atoms with Gasteiger partial charge in [0.1, 0.15) is 0 Å². The average molecular weight is 278 g/mol. The number of rotatable bonds is 4. The zero-order chi connectivity index (χ0) is 14.7. The molecule has 1 amide bonds. The van der Waals surface area contributed by atoms with Gasteiger partial charge in [-0.05, 0) is 18.9 Å². The molecule has 0 aromatic heterocycles. The fraction of sp³-hybridized carbons (Fsp3) is 0.615. The van der Waals surface area contributed by atoms with Gasteiger partial charge in [-0.25, -0.2) is 0 Å². The summed E-state index contributed by atoms with van der Waals surface area (Å²) >= 11 is 0. The SMILES string of the molecule is C=C1NC(=O)C(C)=CC1[C@H]1CC(N=[N+]=[N-])[C@@H](COC)O1. The standard InChI is InChI=1S/C13H18N4O3/c1-7-4-9(8(2)15-13(7)18)11-5-10(16-17-14)12(20-11)6-19-3/h4,9-12H,2,5-6H2,1,3H3,(H,15,18)/t9?,10?,11-,12-/m1/s1. The molecule has 7 nitrogen and oxygen atoms in total. The molecule has 108 valence electrons. The van der Waals surface area contributed by atoms with E-state index in [1.54, 1.807) is 14.0 Å². The van der Waals surface area contributed by atoms with Crippen molar-refractivity contribution in [2.75, 3.05) is 13.7 Å². The number of amides is 1. The molecule has 2 aliphatic rings. The van der Waals surface area contributed by atoms with Gasteiger partial charge in [0.05, 0.1) is 24.9 Å². The second-order valence-electron chi connectivity index (χ2n) is 5.03. The minimum absolute atomic E-state index is 0.106. The minimum Gasteiger partial charge on any atom is -0.382 e. The van der Waals surface area contributed by atoms with E-state index in [4.69, 9.17) is 15.0 Å². The predicted octanol–water partition coefficient (Wildman–Crippen LogP) is 1.68. The highest BCUT2D eigenvalue weighted by Gasteiger charge is 2.40. The Balaban J connectivity index is 2.16. The van der Waals surface area contributed by atoms with Gasteiger partial charge in [-0.2, -0.15) is 0 Å². The Morgan fingerprint density at radius 2 is 2.45 bits per heavy atom. The van der Waals surface area contributed by atoms with Crippen molar-refractivity contribution in [3.8, 4) is 0 Å². The van der Waals surface area contributed by atoms with E-state index in [2.05, 4.69) is 21.9 Å². The van der Waals surface area contributed by atoms with Crippen LogP contribution in [0.5, 0.6) is 0 Å². The molecular weight excluding hydrogens is 260 g/mol. The maximum atomic E-state index is 11.5. The zero-order valence-corrected chi connectivity index (χ0v) is 11.6. The third kappa shape index (κ3) is 2.85. The van der Waals surface area contributed by atoms with Gasteiger partial charge < -0.3 is 14.8 Å². The third-order valence-corrected chi connectivity index (χ3v) is 3.65. The summed E-state index contributed by atoms with van der Waals surface area (Å²) in [5, 5.41) is 6.50. The van der Waals surface area contributed by atoms with Crippen molar-refractivity contribution in [1.29, 1.82) is 0 Å². The summed E-state index contributed by atoms with van der Waals surface area (Å²) in [4.78, 5) is 14.4. The molecule has 2 unspecified atom stereocenters. The first-order chi connectivity index (χ1) is 9.56. The molecule has 1 fully saturated rings. The fourth-order valence-electron chi connectivity index (χ4n) is 2.60. The van der Waals surface area contributed by atoms with Crippen LogP contribution >= 0.6 is 0 Å². The molecule has 1 N–H and O–H groups in total. The molecule has 0 saturated carbocycles. The maximum absolute atomic E-state index is 11.5. The molecule has 20 heavy (non-hydrogen) atoms. The van der Waals surface area contributed by atoms with E-state index >= 15 is 0 Å². The van der Waals surface area contributed by atoms with Crippen molar-refractivity contribution >= 4 is 5.91 Å². The first-order valence-electron chi connectivity index (χ1n) is 6.44. The number of nitrogens with zero attached hydrogens (tertiary/aromatic N) is 3. The largest absolute Gasteiger partial charge is 0.382 e. The first kappa shape index (κ1) is 14.6. The number of carbonyl (C=O) groups excluding carboxylic acids is 1. The highest BCUT2D eigenvalue weighted by Crippen LogP contribution is 2.33. The lowest BCUT2D eigenvalue weighted by molar-refractivity contribution is -0.117. The summed E-state index contributed by atoms with van der Waals surface area (Å²) in [6.07, 6.45) is 2.00. The summed E-state index contributed by atoms with van der Waals surface area (Å²) in [6.45, 7) is 6.00. The summed E-state index contributed by atoms with van der Waals surface area (Å²) in [5.74, 6) is -0.241. The lowest BCUT2D eigenvalue weighted by Crippen LogP contribution is -2.36. The summed E-state index contributed by atoms with van der Waals surface area (Å²) < 4.78 is 11.0. The van der Waals surface area contributed by atoms with Gasteiger partial charge in [0.25, 0.3) is 5.91 Å². The Morgan fingerprint density at radius 3 is 3.10 bits per heavy atom. The van der Waals surface area contributed by atoms with Crippen LogP contribution < -0.4 is 5.32 Å². The Kier molecular flexibility index (Phi) is 4.44. The van der Waals surface area contributed by atoms with Crippen LogP contribution in [-0.4, -0.2) is 37.9 Å². The molecule has 2 aliphatic heterocycles. The van der Waals surface area contributed by atoms with Crippen LogP contribution in [-0.2, 0) is 14.3 Å². The molecule has 0 bridgehead atoms. The summed E-state index contributed by atoms with van der Waals surface area (Å²) in [6, 6.07) is -0.260. The average Bonchev–Trinajstić information content (AvgIpc) is 2.78. The molecule has 7 heteroatoms. The van der Waals surface area contributed by atoms with Crippen molar-refractivity contribution in [2.45, 2.75) is 31.6 Å². The maximum Gasteiger partial charge on any atom is 0.250 e. The van der Waals surface area contributed by atoms with E-state index in [0.717, 1.165) is 0 Å². The Labute approximate surface area is 117 Å². The van der Waals surface area contributed by atoms with Crippen molar-refractivity contribution < 1.29 is 14.3 Å². The zero-order valence-electron chi connectivity index (χ0n) is 11.6. The van der Waals surface area contributed by atoms with Gasteiger partial charge in [-0.15, -0.1) is 0 Å². The van der Waals surface area contributed by atoms with Crippen molar-refractivity contribution in [1.82, 2.24) is 5.32 Å². The number of nitrogens with one attached hydrogen (secondary N) is 1. The number of hydrogen-bond donors (Lipinski definition) is 1. The van der Waals surface area contributed by atoms with Gasteiger partial charge in [0.2, 0.25) is 0 Å². The van der Waals surface area contributed by atoms with Gasteiger partial charge in [-0.1, -0.05) is 17.8 Å². The van der Waals surface area contributed by atoms with Crippen LogP contribution in [0, 0.1) is 5.92 Å². The number of azide groups is 1. The van der Waals surface area contributed by atoms with Crippen molar-refractivity contribution in [3.05, 3.63) is 34.4 Å². The van der Waals surface area contributed by atoms with E-state index in [9.17, 15) is 4.79 Å². The fourth-order valence-corrected chi connectivity index (χ4v) is 2.60. The highest BCUT2D eigenvalue weighted by molar-refractivity contribution is 5.95. The molecule has 2 heterocycles. The summed E-state index contributed by atoms with van der Waals surface area (Å²) in [5.41, 5.74) is 9.87. The minimum atomic E-state index is -0.264. The molecule has 0 aromatic rings. The third-order valence-electron chi connectivity index (χ3n) is 3.65. The molecule has 0 aliphatic carbocycles. The van der Waals surface area contributed by atoms with Gasteiger partial charge in [0.15, 0.2) is 0 Å². The lowest BCUT2D eigenvalue weighted by atomic mass is 9.90.